The quantitative estimate of drug-likeness (QED) is 0.777. The van der Waals surface area contributed by atoms with E-state index in [0.29, 0.717) is 11.8 Å². The summed E-state index contributed by atoms with van der Waals surface area (Å²) in [5.74, 6) is 1.14. The van der Waals surface area contributed by atoms with Crippen molar-refractivity contribution >= 4 is 16.7 Å². The molecule has 2 aromatic carbocycles. The molecule has 26 heavy (non-hydrogen) atoms. The third-order valence-corrected chi connectivity index (χ3v) is 5.88. The van der Waals surface area contributed by atoms with Crippen molar-refractivity contribution in [2.24, 2.45) is 11.8 Å². The second-order valence-electron chi connectivity index (χ2n) is 7.30. The first-order chi connectivity index (χ1) is 12.8. The molecule has 3 heterocycles. The lowest BCUT2D eigenvalue weighted by Crippen LogP contribution is -2.34. The van der Waals surface area contributed by atoms with Crippen LogP contribution in [0.15, 0.2) is 67.0 Å². The van der Waals surface area contributed by atoms with Gasteiger partial charge in [0.25, 0.3) is 5.91 Å². The molecule has 3 atom stereocenters. The number of hydrogen-bond donors (Lipinski definition) is 1. The van der Waals surface area contributed by atoms with Gasteiger partial charge in [0, 0.05) is 48.9 Å². The van der Waals surface area contributed by atoms with Gasteiger partial charge in [-0.25, -0.2) is 0 Å². The standard InChI is InChI=1S/C22H21N3O/c26-22(19-8-4-7-16-11-23-10-9-18(16)19)25-14-17-12-24-13-20(17)21(25)15-5-2-1-3-6-15/h1-11,17,20-21,24H,12-14H2/t17-,20-,21+/m0/s1. The summed E-state index contributed by atoms with van der Waals surface area (Å²) < 4.78 is 0. The zero-order valence-electron chi connectivity index (χ0n) is 14.5. The highest BCUT2D eigenvalue weighted by Gasteiger charge is 2.46. The maximum atomic E-state index is 13.6. The Balaban J connectivity index is 1.58. The Labute approximate surface area is 152 Å². The number of nitrogens with zero attached hydrogens (tertiary/aromatic N) is 2. The van der Waals surface area contributed by atoms with E-state index < -0.39 is 0 Å². The van der Waals surface area contributed by atoms with Crippen LogP contribution in [-0.4, -0.2) is 35.4 Å². The summed E-state index contributed by atoms with van der Waals surface area (Å²) in [6, 6.07) is 18.5. The monoisotopic (exact) mass is 343 g/mol. The molecule has 2 fully saturated rings. The number of likely N-dealkylation sites (tertiary alicyclic amines) is 1. The summed E-state index contributed by atoms with van der Waals surface area (Å²) in [6.45, 7) is 2.79. The van der Waals surface area contributed by atoms with Crippen molar-refractivity contribution in [3.8, 4) is 0 Å². The molecule has 0 radical (unpaired) electrons. The van der Waals surface area contributed by atoms with Gasteiger partial charge < -0.3 is 10.2 Å². The Kier molecular flexibility index (Phi) is 3.71. The molecule has 2 saturated heterocycles. The molecule has 0 aliphatic carbocycles. The smallest absolute Gasteiger partial charge is 0.255 e. The molecule has 5 rings (SSSR count). The third kappa shape index (κ3) is 2.41. The lowest BCUT2D eigenvalue weighted by atomic mass is 9.89. The second kappa shape index (κ2) is 6.22. The lowest BCUT2D eigenvalue weighted by molar-refractivity contribution is 0.0716. The Hall–Kier alpha value is -2.72. The maximum Gasteiger partial charge on any atom is 0.255 e. The van der Waals surface area contributed by atoms with Crippen LogP contribution >= 0.6 is 0 Å². The molecule has 2 aliphatic heterocycles. The van der Waals surface area contributed by atoms with E-state index in [1.165, 1.54) is 5.56 Å². The van der Waals surface area contributed by atoms with E-state index in [1.54, 1.807) is 6.20 Å². The molecule has 1 amide bonds. The molecule has 0 unspecified atom stereocenters. The Morgan fingerprint density at radius 1 is 1.04 bits per heavy atom. The molecule has 2 aliphatic rings. The summed E-state index contributed by atoms with van der Waals surface area (Å²) in [6.07, 6.45) is 3.58. The van der Waals surface area contributed by atoms with Gasteiger partial charge in [0.05, 0.1) is 6.04 Å². The summed E-state index contributed by atoms with van der Waals surface area (Å²) in [5, 5.41) is 5.50. The highest BCUT2D eigenvalue weighted by atomic mass is 16.2. The number of carbonyl (C=O) groups excluding carboxylic acids is 1. The van der Waals surface area contributed by atoms with Gasteiger partial charge in [0.2, 0.25) is 0 Å². The molecular weight excluding hydrogens is 322 g/mol. The van der Waals surface area contributed by atoms with Crippen LogP contribution < -0.4 is 5.32 Å². The zero-order valence-corrected chi connectivity index (χ0v) is 14.5. The topological polar surface area (TPSA) is 45.2 Å². The zero-order chi connectivity index (χ0) is 17.5. The number of rotatable bonds is 2. The minimum absolute atomic E-state index is 0.130. The minimum Gasteiger partial charge on any atom is -0.331 e. The normalized spacial score (nSPS) is 24.8. The number of pyridine rings is 1. The molecule has 4 nitrogen and oxygen atoms in total. The van der Waals surface area contributed by atoms with E-state index in [9.17, 15) is 4.79 Å². The van der Waals surface area contributed by atoms with E-state index in [0.717, 1.165) is 36.0 Å². The van der Waals surface area contributed by atoms with Crippen LogP contribution in [0.25, 0.3) is 10.8 Å². The largest absolute Gasteiger partial charge is 0.331 e. The fourth-order valence-electron chi connectivity index (χ4n) is 4.67. The first-order valence-corrected chi connectivity index (χ1v) is 9.22. The van der Waals surface area contributed by atoms with Crippen LogP contribution in [0.1, 0.15) is 22.0 Å². The van der Waals surface area contributed by atoms with E-state index in [2.05, 4.69) is 39.5 Å². The van der Waals surface area contributed by atoms with Gasteiger partial charge in [-0.2, -0.15) is 0 Å². The van der Waals surface area contributed by atoms with Crippen LogP contribution in [0.2, 0.25) is 0 Å². The number of carbonyl (C=O) groups is 1. The van der Waals surface area contributed by atoms with Crippen LogP contribution in [0, 0.1) is 11.8 Å². The van der Waals surface area contributed by atoms with Gasteiger partial charge in [0.1, 0.15) is 0 Å². The van der Waals surface area contributed by atoms with Crippen molar-refractivity contribution in [3.05, 3.63) is 78.1 Å². The van der Waals surface area contributed by atoms with Crippen LogP contribution in [0.4, 0.5) is 0 Å². The Morgan fingerprint density at radius 2 is 1.92 bits per heavy atom. The third-order valence-electron chi connectivity index (χ3n) is 5.88. The van der Waals surface area contributed by atoms with Crippen molar-refractivity contribution in [1.29, 1.82) is 0 Å². The summed E-state index contributed by atoms with van der Waals surface area (Å²) >= 11 is 0. The SMILES string of the molecule is O=C(c1cccc2cnccc12)N1C[C@@H]2CNC[C@@H]2[C@H]1c1ccccc1. The maximum absolute atomic E-state index is 13.6. The van der Waals surface area contributed by atoms with E-state index >= 15 is 0 Å². The molecule has 0 spiro atoms. The van der Waals surface area contributed by atoms with Crippen molar-refractivity contribution in [1.82, 2.24) is 15.2 Å². The molecule has 4 heteroatoms. The average molecular weight is 343 g/mol. The minimum atomic E-state index is 0.130. The van der Waals surface area contributed by atoms with Crippen molar-refractivity contribution in [2.45, 2.75) is 6.04 Å². The van der Waals surface area contributed by atoms with Gasteiger partial charge in [-0.05, 0) is 29.0 Å². The molecule has 0 bridgehead atoms. The predicted octanol–water partition coefficient (Wildman–Crippen LogP) is 3.27. The number of aromatic nitrogens is 1. The molecule has 130 valence electrons. The second-order valence-corrected chi connectivity index (χ2v) is 7.30. The molecule has 1 N–H and O–H groups in total. The van der Waals surface area contributed by atoms with Crippen molar-refractivity contribution in [3.63, 3.8) is 0 Å². The van der Waals surface area contributed by atoms with Crippen LogP contribution in [0.3, 0.4) is 0 Å². The first-order valence-electron chi connectivity index (χ1n) is 9.22. The van der Waals surface area contributed by atoms with Crippen molar-refractivity contribution in [2.75, 3.05) is 19.6 Å². The van der Waals surface area contributed by atoms with Crippen molar-refractivity contribution < 1.29 is 4.79 Å². The van der Waals surface area contributed by atoms with Gasteiger partial charge in [0.15, 0.2) is 0 Å². The summed E-state index contributed by atoms with van der Waals surface area (Å²) in [4.78, 5) is 19.8. The van der Waals surface area contributed by atoms with Gasteiger partial charge in [-0.1, -0.05) is 42.5 Å². The first kappa shape index (κ1) is 15.5. The van der Waals surface area contributed by atoms with E-state index in [4.69, 9.17) is 0 Å². The lowest BCUT2D eigenvalue weighted by Gasteiger charge is -2.29. The number of fused-ring (bicyclic) bond motifs is 2. The number of nitrogens with one attached hydrogen (secondary N) is 1. The van der Waals surface area contributed by atoms with Gasteiger partial charge in [-0.15, -0.1) is 0 Å². The summed E-state index contributed by atoms with van der Waals surface area (Å²) in [7, 11) is 0. The number of amides is 1. The Bertz CT molecular complexity index is 951. The highest BCUT2D eigenvalue weighted by molar-refractivity contribution is 6.07. The van der Waals surface area contributed by atoms with E-state index in [-0.39, 0.29) is 11.9 Å². The fourth-order valence-corrected chi connectivity index (χ4v) is 4.67. The van der Waals surface area contributed by atoms with Gasteiger partial charge >= 0.3 is 0 Å². The number of hydrogen-bond acceptors (Lipinski definition) is 3. The summed E-state index contributed by atoms with van der Waals surface area (Å²) in [5.41, 5.74) is 2.01. The number of benzene rings is 2. The van der Waals surface area contributed by atoms with E-state index in [1.807, 2.05) is 36.5 Å². The molecule has 3 aromatic rings. The molecular formula is C22H21N3O. The highest BCUT2D eigenvalue weighted by Crippen LogP contribution is 2.43. The van der Waals surface area contributed by atoms with Crippen LogP contribution in [0.5, 0.6) is 0 Å². The van der Waals surface area contributed by atoms with Crippen LogP contribution in [-0.2, 0) is 0 Å². The Morgan fingerprint density at radius 3 is 2.81 bits per heavy atom. The molecule has 1 aromatic heterocycles. The average Bonchev–Trinajstić information content (AvgIpc) is 3.29. The fraction of sp³-hybridized carbons (Fsp3) is 0.273. The molecule has 0 saturated carbocycles. The van der Waals surface area contributed by atoms with Gasteiger partial charge in [-0.3, -0.25) is 9.78 Å². The predicted molar refractivity (Wildman–Crippen MR) is 102 cm³/mol.